The highest BCUT2D eigenvalue weighted by Gasteiger charge is 2.24. The van der Waals surface area contributed by atoms with Gasteiger partial charge < -0.3 is 10.8 Å². The van der Waals surface area contributed by atoms with Crippen molar-refractivity contribution in [3.8, 4) is 0 Å². The van der Waals surface area contributed by atoms with Crippen LogP contribution in [-0.4, -0.2) is 16.7 Å². The molecule has 1 aromatic carbocycles. The molecule has 0 heterocycles. The van der Waals surface area contributed by atoms with Crippen molar-refractivity contribution in [1.29, 1.82) is 0 Å². The Hall–Kier alpha value is -0.930. The smallest absolute Gasteiger partial charge is 0.123 e. The van der Waals surface area contributed by atoms with Crippen LogP contribution in [0.3, 0.4) is 0 Å². The van der Waals surface area contributed by atoms with Crippen LogP contribution in [0.25, 0.3) is 0 Å². The number of benzene rings is 1. The minimum atomic E-state index is -0.492. The van der Waals surface area contributed by atoms with Crippen molar-refractivity contribution in [2.24, 2.45) is 5.73 Å². The van der Waals surface area contributed by atoms with Gasteiger partial charge in [-0.25, -0.2) is 4.39 Å². The first kappa shape index (κ1) is 13.1. The third-order valence-corrected chi connectivity index (χ3v) is 2.63. The van der Waals surface area contributed by atoms with Gasteiger partial charge in [-0.05, 0) is 44.9 Å². The summed E-state index contributed by atoms with van der Waals surface area (Å²) in [5.41, 5.74) is 6.53. The van der Waals surface area contributed by atoms with Gasteiger partial charge in [-0.3, -0.25) is 0 Å². The van der Waals surface area contributed by atoms with E-state index in [-0.39, 0.29) is 17.3 Å². The Kier molecular flexibility index (Phi) is 4.05. The van der Waals surface area contributed by atoms with Gasteiger partial charge in [0.05, 0.1) is 6.10 Å². The fraction of sp³-hybridized carbons (Fsp3) is 0.538. The minimum absolute atomic E-state index is 0.0550. The van der Waals surface area contributed by atoms with Gasteiger partial charge in [0.25, 0.3) is 0 Å². The monoisotopic (exact) mass is 225 g/mol. The van der Waals surface area contributed by atoms with E-state index in [9.17, 15) is 9.50 Å². The van der Waals surface area contributed by atoms with Crippen LogP contribution in [0.4, 0.5) is 4.39 Å². The van der Waals surface area contributed by atoms with Crippen molar-refractivity contribution < 1.29 is 9.50 Å². The summed E-state index contributed by atoms with van der Waals surface area (Å²) in [6.45, 7) is 5.58. The normalized spacial score (nSPS) is 15.9. The van der Waals surface area contributed by atoms with E-state index in [4.69, 9.17) is 5.73 Å². The summed E-state index contributed by atoms with van der Waals surface area (Å²) in [5.74, 6) is -0.319. The van der Waals surface area contributed by atoms with Crippen LogP contribution in [0.1, 0.15) is 38.7 Å². The summed E-state index contributed by atoms with van der Waals surface area (Å²) in [7, 11) is 0. The molecule has 2 nitrogen and oxygen atoms in total. The molecule has 0 radical (unpaired) electrons. The molecule has 1 rings (SSSR count). The van der Waals surface area contributed by atoms with E-state index >= 15 is 0 Å². The summed E-state index contributed by atoms with van der Waals surface area (Å²) in [6, 6.07) is 6.24. The molecule has 0 saturated heterocycles. The second kappa shape index (κ2) is 4.93. The van der Waals surface area contributed by atoms with E-state index in [0.717, 1.165) is 5.56 Å². The van der Waals surface area contributed by atoms with Gasteiger partial charge in [0, 0.05) is 11.5 Å². The zero-order valence-corrected chi connectivity index (χ0v) is 10.1. The number of nitrogens with two attached hydrogens (primary N) is 1. The first-order valence-corrected chi connectivity index (χ1v) is 5.52. The molecule has 1 aromatic rings. The summed E-state index contributed by atoms with van der Waals surface area (Å²) in [4.78, 5) is 0. The average molecular weight is 225 g/mol. The summed E-state index contributed by atoms with van der Waals surface area (Å²) in [6.07, 6.45) is 0.171. The maximum Gasteiger partial charge on any atom is 0.123 e. The van der Waals surface area contributed by atoms with E-state index in [1.807, 2.05) is 13.8 Å². The standard InChI is InChI=1S/C13H20FNO/c1-9(16)12(8-13(2,3)15)10-4-6-11(14)7-5-10/h4-7,9,12,16H,8,15H2,1-3H3. The molecule has 0 aromatic heterocycles. The molecule has 90 valence electrons. The van der Waals surface area contributed by atoms with Gasteiger partial charge in [0.1, 0.15) is 5.82 Å². The topological polar surface area (TPSA) is 46.2 Å². The van der Waals surface area contributed by atoms with Crippen LogP contribution in [0.2, 0.25) is 0 Å². The lowest BCUT2D eigenvalue weighted by molar-refractivity contribution is 0.146. The minimum Gasteiger partial charge on any atom is -0.393 e. The van der Waals surface area contributed by atoms with E-state index < -0.39 is 6.10 Å². The van der Waals surface area contributed by atoms with Gasteiger partial charge in [0.2, 0.25) is 0 Å². The molecule has 3 heteroatoms. The molecule has 0 spiro atoms. The Balaban J connectivity index is 2.90. The molecule has 0 bridgehead atoms. The molecule has 2 unspecified atom stereocenters. The molecule has 0 aliphatic carbocycles. The molecule has 2 atom stereocenters. The highest BCUT2D eigenvalue weighted by molar-refractivity contribution is 5.22. The molecule has 0 amide bonds. The SMILES string of the molecule is CC(O)C(CC(C)(C)N)c1ccc(F)cc1. The van der Waals surface area contributed by atoms with E-state index in [2.05, 4.69) is 0 Å². The molecule has 0 aliphatic heterocycles. The Morgan fingerprint density at radius 3 is 2.19 bits per heavy atom. The van der Waals surface area contributed by atoms with Crippen molar-refractivity contribution >= 4 is 0 Å². The van der Waals surface area contributed by atoms with E-state index in [1.54, 1.807) is 19.1 Å². The predicted octanol–water partition coefficient (Wildman–Crippen LogP) is 2.42. The predicted molar refractivity (Wildman–Crippen MR) is 63.7 cm³/mol. The average Bonchev–Trinajstić information content (AvgIpc) is 2.14. The maximum absolute atomic E-state index is 12.8. The Morgan fingerprint density at radius 1 is 1.31 bits per heavy atom. The Morgan fingerprint density at radius 2 is 1.81 bits per heavy atom. The van der Waals surface area contributed by atoms with Gasteiger partial charge >= 0.3 is 0 Å². The largest absolute Gasteiger partial charge is 0.393 e. The molecular weight excluding hydrogens is 205 g/mol. The first-order chi connectivity index (χ1) is 7.29. The number of hydrogen-bond donors (Lipinski definition) is 2. The highest BCUT2D eigenvalue weighted by Crippen LogP contribution is 2.28. The first-order valence-electron chi connectivity index (χ1n) is 5.52. The van der Waals surface area contributed by atoms with Crippen LogP contribution in [0.15, 0.2) is 24.3 Å². The van der Waals surface area contributed by atoms with Gasteiger partial charge in [-0.2, -0.15) is 0 Å². The summed E-state index contributed by atoms with van der Waals surface area (Å²) >= 11 is 0. The third-order valence-electron chi connectivity index (χ3n) is 2.63. The van der Waals surface area contributed by atoms with Gasteiger partial charge in [0.15, 0.2) is 0 Å². The van der Waals surface area contributed by atoms with Crippen molar-refractivity contribution in [2.75, 3.05) is 0 Å². The van der Waals surface area contributed by atoms with Crippen LogP contribution >= 0.6 is 0 Å². The van der Waals surface area contributed by atoms with Gasteiger partial charge in [-0.1, -0.05) is 12.1 Å². The van der Waals surface area contributed by atoms with Crippen molar-refractivity contribution in [3.63, 3.8) is 0 Å². The number of halogens is 1. The van der Waals surface area contributed by atoms with Crippen molar-refractivity contribution in [2.45, 2.75) is 44.8 Å². The van der Waals surface area contributed by atoms with Gasteiger partial charge in [-0.15, -0.1) is 0 Å². The number of aliphatic hydroxyl groups is 1. The molecule has 16 heavy (non-hydrogen) atoms. The zero-order chi connectivity index (χ0) is 12.3. The quantitative estimate of drug-likeness (QED) is 0.826. The zero-order valence-electron chi connectivity index (χ0n) is 10.1. The Bertz CT molecular complexity index is 327. The van der Waals surface area contributed by atoms with E-state index in [0.29, 0.717) is 6.42 Å². The van der Waals surface area contributed by atoms with Crippen molar-refractivity contribution in [3.05, 3.63) is 35.6 Å². The molecular formula is C13H20FNO. The van der Waals surface area contributed by atoms with Crippen LogP contribution in [-0.2, 0) is 0 Å². The van der Waals surface area contributed by atoms with Crippen LogP contribution in [0.5, 0.6) is 0 Å². The second-order valence-corrected chi connectivity index (χ2v) is 5.09. The summed E-state index contributed by atoms with van der Waals surface area (Å²) < 4.78 is 12.8. The van der Waals surface area contributed by atoms with E-state index in [1.165, 1.54) is 12.1 Å². The lowest BCUT2D eigenvalue weighted by atomic mass is 9.83. The second-order valence-electron chi connectivity index (χ2n) is 5.09. The molecule has 0 aliphatic rings. The molecule has 0 fully saturated rings. The number of hydrogen-bond acceptors (Lipinski definition) is 2. The van der Waals surface area contributed by atoms with Crippen LogP contribution < -0.4 is 5.73 Å². The number of rotatable bonds is 4. The number of aliphatic hydroxyl groups excluding tert-OH is 1. The summed E-state index contributed by atoms with van der Waals surface area (Å²) in [5, 5.41) is 9.75. The lowest BCUT2D eigenvalue weighted by Crippen LogP contribution is -2.36. The van der Waals surface area contributed by atoms with Crippen molar-refractivity contribution in [1.82, 2.24) is 0 Å². The third kappa shape index (κ3) is 3.91. The fourth-order valence-corrected chi connectivity index (χ4v) is 1.84. The van der Waals surface area contributed by atoms with Crippen LogP contribution in [0, 0.1) is 5.82 Å². The molecule has 3 N–H and O–H groups in total. The molecule has 0 saturated carbocycles. The Labute approximate surface area is 96.3 Å². The maximum atomic E-state index is 12.8. The highest BCUT2D eigenvalue weighted by atomic mass is 19.1. The fourth-order valence-electron chi connectivity index (χ4n) is 1.84. The lowest BCUT2D eigenvalue weighted by Gasteiger charge is -2.28.